The molecule has 3 nitrogen and oxygen atoms in total. The Balaban J connectivity index is 2.14. The van der Waals surface area contributed by atoms with Crippen LogP contribution in [-0.4, -0.2) is 16.0 Å². The number of rotatable bonds is 6. The van der Waals surface area contributed by atoms with Crippen molar-refractivity contribution in [3.8, 4) is 11.1 Å². The highest BCUT2D eigenvalue weighted by Gasteiger charge is 2.16. The zero-order valence-electron chi connectivity index (χ0n) is 14.7. The van der Waals surface area contributed by atoms with Crippen molar-refractivity contribution in [1.29, 1.82) is 0 Å². The molecule has 0 aliphatic carbocycles. The van der Waals surface area contributed by atoms with E-state index in [9.17, 15) is 4.39 Å². The van der Waals surface area contributed by atoms with Gasteiger partial charge in [-0.05, 0) is 42.7 Å². The normalized spacial score (nSPS) is 12.3. The SMILES string of the molecule is CCCCC(C)Nc1ncnc2c(F)ccc(-c3ccc(Cl)c(Cl)c3)c12. The summed E-state index contributed by atoms with van der Waals surface area (Å²) in [5.74, 6) is 0.245. The molecule has 26 heavy (non-hydrogen) atoms. The fourth-order valence-electron chi connectivity index (χ4n) is 2.97. The first-order valence-electron chi connectivity index (χ1n) is 8.66. The topological polar surface area (TPSA) is 37.8 Å². The predicted molar refractivity (Wildman–Crippen MR) is 108 cm³/mol. The Labute approximate surface area is 162 Å². The van der Waals surface area contributed by atoms with E-state index < -0.39 is 0 Å². The Morgan fingerprint density at radius 2 is 1.92 bits per heavy atom. The monoisotopic (exact) mass is 391 g/mol. The lowest BCUT2D eigenvalue weighted by Crippen LogP contribution is -2.16. The molecule has 0 saturated carbocycles. The number of unbranched alkanes of at least 4 members (excludes halogenated alkanes) is 1. The van der Waals surface area contributed by atoms with E-state index in [0.717, 1.165) is 30.4 Å². The van der Waals surface area contributed by atoms with E-state index in [-0.39, 0.29) is 17.4 Å². The lowest BCUT2D eigenvalue weighted by Gasteiger charge is -2.17. The number of benzene rings is 2. The summed E-state index contributed by atoms with van der Waals surface area (Å²) in [6.45, 7) is 4.26. The summed E-state index contributed by atoms with van der Waals surface area (Å²) in [5, 5.41) is 4.98. The summed E-state index contributed by atoms with van der Waals surface area (Å²) in [7, 11) is 0. The molecule has 0 fully saturated rings. The summed E-state index contributed by atoms with van der Waals surface area (Å²) in [6, 6.07) is 8.72. The third-order valence-electron chi connectivity index (χ3n) is 4.34. The molecule has 0 aliphatic heterocycles. The zero-order chi connectivity index (χ0) is 18.7. The van der Waals surface area contributed by atoms with Gasteiger partial charge in [-0.3, -0.25) is 0 Å². The molecule has 0 amide bonds. The second-order valence-electron chi connectivity index (χ2n) is 6.36. The van der Waals surface area contributed by atoms with Crippen molar-refractivity contribution in [2.24, 2.45) is 0 Å². The molecule has 0 spiro atoms. The van der Waals surface area contributed by atoms with E-state index in [1.54, 1.807) is 18.2 Å². The van der Waals surface area contributed by atoms with E-state index in [1.165, 1.54) is 12.4 Å². The van der Waals surface area contributed by atoms with Crippen molar-refractivity contribution in [3.63, 3.8) is 0 Å². The number of nitrogens with one attached hydrogen (secondary N) is 1. The first kappa shape index (κ1) is 18.9. The number of anilines is 1. The van der Waals surface area contributed by atoms with Crippen LogP contribution in [0.5, 0.6) is 0 Å². The van der Waals surface area contributed by atoms with Gasteiger partial charge in [0.05, 0.1) is 15.4 Å². The zero-order valence-corrected chi connectivity index (χ0v) is 16.2. The van der Waals surface area contributed by atoms with E-state index in [0.29, 0.717) is 21.2 Å². The molecule has 1 N–H and O–H groups in total. The van der Waals surface area contributed by atoms with E-state index in [2.05, 4.69) is 29.1 Å². The van der Waals surface area contributed by atoms with E-state index >= 15 is 0 Å². The molecule has 1 aromatic heterocycles. The van der Waals surface area contributed by atoms with Gasteiger partial charge in [0.1, 0.15) is 23.5 Å². The number of aromatic nitrogens is 2. The maximum Gasteiger partial charge on any atom is 0.149 e. The van der Waals surface area contributed by atoms with Crippen LogP contribution in [0.1, 0.15) is 33.1 Å². The maximum absolute atomic E-state index is 14.4. The van der Waals surface area contributed by atoms with Gasteiger partial charge in [0.15, 0.2) is 0 Å². The Morgan fingerprint density at radius 1 is 1.12 bits per heavy atom. The highest BCUT2D eigenvalue weighted by atomic mass is 35.5. The van der Waals surface area contributed by atoms with Gasteiger partial charge in [-0.15, -0.1) is 0 Å². The van der Waals surface area contributed by atoms with Gasteiger partial charge in [-0.2, -0.15) is 0 Å². The molecular formula is C20H20Cl2FN3. The van der Waals surface area contributed by atoms with Gasteiger partial charge in [-0.1, -0.05) is 55.1 Å². The summed E-state index contributed by atoms with van der Waals surface area (Å²) >= 11 is 12.2. The fourth-order valence-corrected chi connectivity index (χ4v) is 3.27. The lowest BCUT2D eigenvalue weighted by atomic mass is 10.00. The molecule has 6 heteroatoms. The Kier molecular flexibility index (Phi) is 5.94. The Bertz CT molecular complexity index is 930. The molecule has 2 aromatic carbocycles. The molecule has 1 atom stereocenters. The maximum atomic E-state index is 14.4. The first-order chi connectivity index (χ1) is 12.5. The van der Waals surface area contributed by atoms with Crippen molar-refractivity contribution in [2.75, 3.05) is 5.32 Å². The molecule has 0 aliphatic rings. The minimum atomic E-state index is -0.379. The van der Waals surface area contributed by atoms with Gasteiger partial charge >= 0.3 is 0 Å². The quantitative estimate of drug-likeness (QED) is 0.505. The molecule has 0 bridgehead atoms. The fraction of sp³-hybridized carbons (Fsp3) is 0.300. The second-order valence-corrected chi connectivity index (χ2v) is 7.17. The van der Waals surface area contributed by atoms with Gasteiger partial charge in [0.2, 0.25) is 0 Å². The molecule has 3 aromatic rings. The molecule has 1 heterocycles. The standard InChI is InChI=1S/C20H20Cl2FN3/c1-3-4-5-12(2)26-20-18-14(13-6-8-15(21)16(22)10-13)7-9-17(23)19(18)24-11-25-20/h6-12H,3-5H2,1-2H3,(H,24,25,26). The average molecular weight is 392 g/mol. The second kappa shape index (κ2) is 8.19. The smallest absolute Gasteiger partial charge is 0.149 e. The number of hydrogen-bond donors (Lipinski definition) is 1. The van der Waals surface area contributed by atoms with Gasteiger partial charge in [0.25, 0.3) is 0 Å². The van der Waals surface area contributed by atoms with Crippen LogP contribution in [0.4, 0.5) is 10.2 Å². The molecule has 3 rings (SSSR count). The highest BCUT2D eigenvalue weighted by molar-refractivity contribution is 6.42. The van der Waals surface area contributed by atoms with E-state index in [4.69, 9.17) is 23.2 Å². The largest absolute Gasteiger partial charge is 0.367 e. The minimum Gasteiger partial charge on any atom is -0.367 e. The van der Waals surface area contributed by atoms with Gasteiger partial charge in [0, 0.05) is 6.04 Å². The van der Waals surface area contributed by atoms with Crippen molar-refractivity contribution >= 4 is 39.9 Å². The van der Waals surface area contributed by atoms with Gasteiger partial charge < -0.3 is 5.32 Å². The van der Waals surface area contributed by atoms with Crippen LogP contribution in [-0.2, 0) is 0 Å². The van der Waals surface area contributed by atoms with Crippen molar-refractivity contribution in [3.05, 3.63) is 52.5 Å². The van der Waals surface area contributed by atoms with Crippen LogP contribution in [0.25, 0.3) is 22.0 Å². The van der Waals surface area contributed by atoms with Crippen molar-refractivity contribution < 1.29 is 4.39 Å². The number of fused-ring (bicyclic) bond motifs is 1. The van der Waals surface area contributed by atoms with Crippen LogP contribution in [0.2, 0.25) is 10.0 Å². The summed E-state index contributed by atoms with van der Waals surface area (Å²) in [4.78, 5) is 8.53. The Morgan fingerprint density at radius 3 is 2.65 bits per heavy atom. The number of nitrogens with zero attached hydrogens (tertiary/aromatic N) is 2. The summed E-state index contributed by atoms with van der Waals surface area (Å²) < 4.78 is 14.4. The molecule has 0 radical (unpaired) electrons. The van der Waals surface area contributed by atoms with Crippen LogP contribution in [0.15, 0.2) is 36.7 Å². The number of halogens is 3. The van der Waals surface area contributed by atoms with Crippen LogP contribution in [0, 0.1) is 5.82 Å². The summed E-state index contributed by atoms with van der Waals surface area (Å²) in [5.41, 5.74) is 1.93. The first-order valence-corrected chi connectivity index (χ1v) is 9.42. The Hall–Kier alpha value is -1.91. The van der Waals surface area contributed by atoms with Crippen LogP contribution >= 0.6 is 23.2 Å². The van der Waals surface area contributed by atoms with Crippen molar-refractivity contribution in [2.45, 2.75) is 39.2 Å². The van der Waals surface area contributed by atoms with E-state index in [1.807, 2.05) is 6.07 Å². The molecular weight excluding hydrogens is 372 g/mol. The van der Waals surface area contributed by atoms with Crippen molar-refractivity contribution in [1.82, 2.24) is 9.97 Å². The average Bonchev–Trinajstić information content (AvgIpc) is 2.63. The summed E-state index contributed by atoms with van der Waals surface area (Å²) in [6.07, 6.45) is 4.64. The lowest BCUT2D eigenvalue weighted by molar-refractivity contribution is 0.635. The van der Waals surface area contributed by atoms with Crippen LogP contribution < -0.4 is 5.32 Å². The third-order valence-corrected chi connectivity index (χ3v) is 5.08. The molecule has 136 valence electrons. The van der Waals surface area contributed by atoms with Gasteiger partial charge in [-0.25, -0.2) is 14.4 Å². The highest BCUT2D eigenvalue weighted by Crippen LogP contribution is 2.36. The molecule has 0 saturated heterocycles. The molecule has 1 unspecified atom stereocenters. The third kappa shape index (κ3) is 3.92. The predicted octanol–water partition coefficient (Wildman–Crippen LogP) is 6.73. The number of hydrogen-bond acceptors (Lipinski definition) is 3. The minimum absolute atomic E-state index is 0.220. The van der Waals surface area contributed by atoms with Crippen LogP contribution in [0.3, 0.4) is 0 Å².